The van der Waals surface area contributed by atoms with Gasteiger partial charge >= 0.3 is 5.97 Å². The van der Waals surface area contributed by atoms with Crippen LogP contribution in [0.4, 0.5) is 5.69 Å². The van der Waals surface area contributed by atoms with E-state index in [0.717, 1.165) is 23.4 Å². The van der Waals surface area contributed by atoms with Crippen molar-refractivity contribution >= 4 is 23.3 Å². The molecule has 1 heterocycles. The Morgan fingerprint density at radius 1 is 1.23 bits per heavy atom. The largest absolute Gasteiger partial charge is 0.496 e. The Balaban J connectivity index is 1.63. The lowest BCUT2D eigenvalue weighted by Gasteiger charge is -2.17. The molecule has 0 unspecified atom stereocenters. The van der Waals surface area contributed by atoms with E-state index in [2.05, 4.69) is 43.4 Å². The van der Waals surface area contributed by atoms with Crippen LogP contribution < -0.4 is 5.32 Å². The minimum absolute atomic E-state index is 0.319. The first-order valence-electron chi connectivity index (χ1n) is 8.58. The molecule has 0 radical (unpaired) electrons. The number of rotatable bonds is 5. The van der Waals surface area contributed by atoms with Crippen molar-refractivity contribution < 1.29 is 14.3 Å². The maximum atomic E-state index is 11.5. The number of ether oxygens (including phenoxy) is 2. The SMILES string of the molecule is COC(=O)c1ccc(C=C(C)CNc2ccc3c(c2)COC=C3C)cc1. The molecule has 4 nitrogen and oxygen atoms in total. The summed E-state index contributed by atoms with van der Waals surface area (Å²) in [7, 11) is 1.39. The Morgan fingerprint density at radius 3 is 2.73 bits per heavy atom. The van der Waals surface area contributed by atoms with Crippen molar-refractivity contribution in [3.63, 3.8) is 0 Å². The summed E-state index contributed by atoms with van der Waals surface area (Å²) in [6.07, 6.45) is 3.91. The lowest BCUT2D eigenvalue weighted by atomic mass is 10.00. The number of allylic oxidation sites excluding steroid dienone is 1. The Hall–Kier alpha value is -3.01. The third-order valence-corrected chi connectivity index (χ3v) is 4.35. The van der Waals surface area contributed by atoms with Crippen molar-refractivity contribution in [2.75, 3.05) is 19.0 Å². The molecule has 0 amide bonds. The zero-order chi connectivity index (χ0) is 18.5. The number of hydrogen-bond donors (Lipinski definition) is 1. The van der Waals surface area contributed by atoms with E-state index in [1.807, 2.05) is 18.4 Å². The summed E-state index contributed by atoms with van der Waals surface area (Å²) in [4.78, 5) is 11.5. The Morgan fingerprint density at radius 2 is 2.00 bits per heavy atom. The van der Waals surface area contributed by atoms with Crippen LogP contribution in [0.5, 0.6) is 0 Å². The average molecular weight is 349 g/mol. The predicted molar refractivity (Wildman–Crippen MR) is 105 cm³/mol. The second-order valence-corrected chi connectivity index (χ2v) is 6.44. The van der Waals surface area contributed by atoms with E-state index in [4.69, 9.17) is 9.47 Å². The molecule has 0 spiro atoms. The highest BCUT2D eigenvalue weighted by molar-refractivity contribution is 5.89. The van der Waals surface area contributed by atoms with Crippen LogP contribution in [0, 0.1) is 0 Å². The second-order valence-electron chi connectivity index (χ2n) is 6.44. The van der Waals surface area contributed by atoms with Gasteiger partial charge in [-0.3, -0.25) is 0 Å². The first-order chi connectivity index (χ1) is 12.6. The molecule has 0 bridgehead atoms. The molecule has 0 saturated carbocycles. The molecular weight excluding hydrogens is 326 g/mol. The van der Waals surface area contributed by atoms with Gasteiger partial charge in [-0.1, -0.05) is 29.8 Å². The van der Waals surface area contributed by atoms with Gasteiger partial charge in [0.1, 0.15) is 6.61 Å². The first-order valence-corrected chi connectivity index (χ1v) is 8.58. The van der Waals surface area contributed by atoms with Crippen molar-refractivity contribution in [1.29, 1.82) is 0 Å². The molecule has 0 fully saturated rings. The van der Waals surface area contributed by atoms with Gasteiger partial charge in [0.2, 0.25) is 0 Å². The smallest absolute Gasteiger partial charge is 0.337 e. The number of hydrogen-bond acceptors (Lipinski definition) is 4. The van der Waals surface area contributed by atoms with Crippen molar-refractivity contribution in [3.8, 4) is 0 Å². The average Bonchev–Trinajstić information content (AvgIpc) is 2.66. The van der Waals surface area contributed by atoms with Gasteiger partial charge in [-0.15, -0.1) is 0 Å². The van der Waals surface area contributed by atoms with Gasteiger partial charge in [0.25, 0.3) is 0 Å². The highest BCUT2D eigenvalue weighted by Gasteiger charge is 2.10. The summed E-state index contributed by atoms with van der Waals surface area (Å²) < 4.78 is 10.2. The highest BCUT2D eigenvalue weighted by atomic mass is 16.5. The van der Waals surface area contributed by atoms with Crippen LogP contribution in [-0.4, -0.2) is 19.6 Å². The molecule has 3 rings (SSSR count). The molecule has 0 atom stereocenters. The second kappa shape index (κ2) is 7.91. The fraction of sp³-hybridized carbons (Fsp3) is 0.227. The molecule has 1 N–H and O–H groups in total. The first kappa shape index (κ1) is 17.8. The molecule has 134 valence electrons. The number of nitrogens with one attached hydrogen (secondary N) is 1. The number of benzene rings is 2. The normalized spacial score (nSPS) is 13.3. The van der Waals surface area contributed by atoms with Crippen molar-refractivity contribution in [3.05, 3.63) is 76.6 Å². The van der Waals surface area contributed by atoms with Crippen molar-refractivity contribution in [2.24, 2.45) is 0 Å². The topological polar surface area (TPSA) is 47.6 Å². The van der Waals surface area contributed by atoms with Crippen LogP contribution in [0.15, 0.2) is 54.3 Å². The van der Waals surface area contributed by atoms with Gasteiger partial charge in [-0.25, -0.2) is 4.79 Å². The predicted octanol–water partition coefficient (Wildman–Crippen LogP) is 4.88. The van der Waals surface area contributed by atoms with Crippen LogP contribution in [0.25, 0.3) is 11.6 Å². The lowest BCUT2D eigenvalue weighted by molar-refractivity contribution is 0.0600. The van der Waals surface area contributed by atoms with Gasteiger partial charge in [0.15, 0.2) is 0 Å². The molecular formula is C22H23NO3. The molecule has 0 aromatic heterocycles. The summed E-state index contributed by atoms with van der Waals surface area (Å²) in [6.45, 7) is 5.50. The van der Waals surface area contributed by atoms with Crippen LogP contribution in [0.3, 0.4) is 0 Å². The Kier molecular flexibility index (Phi) is 5.42. The molecule has 4 heteroatoms. The molecule has 1 aliphatic heterocycles. The zero-order valence-corrected chi connectivity index (χ0v) is 15.3. The number of carbonyl (C=O) groups is 1. The van der Waals surface area contributed by atoms with E-state index in [9.17, 15) is 4.79 Å². The third-order valence-electron chi connectivity index (χ3n) is 4.35. The number of carbonyl (C=O) groups excluding carboxylic acids is 1. The molecule has 0 saturated heterocycles. The van der Waals surface area contributed by atoms with Gasteiger partial charge in [-0.05, 0) is 60.4 Å². The summed E-state index contributed by atoms with van der Waals surface area (Å²) in [5, 5.41) is 3.45. The summed E-state index contributed by atoms with van der Waals surface area (Å²) in [6, 6.07) is 13.8. The van der Waals surface area contributed by atoms with E-state index < -0.39 is 0 Å². The molecule has 26 heavy (non-hydrogen) atoms. The minimum Gasteiger partial charge on any atom is -0.496 e. The van der Waals surface area contributed by atoms with Crippen LogP contribution in [0.1, 0.15) is 40.9 Å². The summed E-state index contributed by atoms with van der Waals surface area (Å²) in [5.74, 6) is -0.319. The standard InChI is InChI=1S/C22H23NO3/c1-15(10-17-4-6-18(7-5-17)22(24)25-3)12-23-20-8-9-21-16(2)13-26-14-19(21)11-20/h4-11,13,23H,12,14H2,1-3H3. The van der Waals surface area contributed by atoms with E-state index in [1.165, 1.54) is 23.8 Å². The molecule has 0 aliphatic carbocycles. The van der Waals surface area contributed by atoms with E-state index in [1.54, 1.807) is 12.1 Å². The van der Waals surface area contributed by atoms with Crippen LogP contribution >= 0.6 is 0 Å². The fourth-order valence-electron chi connectivity index (χ4n) is 2.94. The summed E-state index contributed by atoms with van der Waals surface area (Å²) >= 11 is 0. The number of methoxy groups -OCH3 is 1. The molecule has 2 aromatic rings. The van der Waals surface area contributed by atoms with Crippen LogP contribution in [0.2, 0.25) is 0 Å². The quantitative estimate of drug-likeness (QED) is 0.782. The van der Waals surface area contributed by atoms with E-state index >= 15 is 0 Å². The number of esters is 1. The fourth-order valence-corrected chi connectivity index (χ4v) is 2.94. The van der Waals surface area contributed by atoms with Gasteiger partial charge in [-0.2, -0.15) is 0 Å². The van der Waals surface area contributed by atoms with Crippen LogP contribution in [-0.2, 0) is 16.1 Å². The zero-order valence-electron chi connectivity index (χ0n) is 15.3. The maximum Gasteiger partial charge on any atom is 0.337 e. The number of anilines is 1. The number of fused-ring (bicyclic) bond motifs is 1. The third kappa shape index (κ3) is 4.14. The molecule has 1 aliphatic rings. The lowest BCUT2D eigenvalue weighted by Crippen LogP contribution is -2.06. The Bertz CT molecular complexity index is 863. The van der Waals surface area contributed by atoms with Crippen molar-refractivity contribution in [2.45, 2.75) is 20.5 Å². The monoisotopic (exact) mass is 349 g/mol. The Labute approximate surface area is 154 Å². The van der Waals surface area contributed by atoms with Gasteiger partial charge < -0.3 is 14.8 Å². The van der Waals surface area contributed by atoms with E-state index in [-0.39, 0.29) is 5.97 Å². The van der Waals surface area contributed by atoms with Crippen molar-refractivity contribution in [1.82, 2.24) is 0 Å². The maximum absolute atomic E-state index is 11.5. The molecule has 2 aromatic carbocycles. The highest BCUT2D eigenvalue weighted by Crippen LogP contribution is 2.27. The summed E-state index contributed by atoms with van der Waals surface area (Å²) in [5.41, 5.74) is 7.49. The van der Waals surface area contributed by atoms with Gasteiger partial charge in [0.05, 0.1) is 18.9 Å². The minimum atomic E-state index is -0.319. The van der Waals surface area contributed by atoms with E-state index in [0.29, 0.717) is 12.2 Å². The van der Waals surface area contributed by atoms with Gasteiger partial charge in [0, 0.05) is 12.2 Å².